The Balaban J connectivity index is 1.80. The number of nitrogens with zero attached hydrogens (tertiary/aromatic N) is 3. The molecule has 26 heavy (non-hydrogen) atoms. The molecule has 3 rings (SSSR count). The van der Waals surface area contributed by atoms with Gasteiger partial charge in [0.2, 0.25) is 11.5 Å². The molecule has 0 bridgehead atoms. The van der Waals surface area contributed by atoms with Gasteiger partial charge in [0, 0.05) is 11.5 Å². The molecule has 2 heterocycles. The van der Waals surface area contributed by atoms with Crippen molar-refractivity contribution in [3.05, 3.63) is 35.2 Å². The molecule has 6 N–H and O–H groups in total. The van der Waals surface area contributed by atoms with Crippen LogP contribution in [0.4, 0.5) is 5.13 Å². The summed E-state index contributed by atoms with van der Waals surface area (Å²) in [7, 11) is -1.50. The Hall–Kier alpha value is -3.19. The molecule has 11 nitrogen and oxygen atoms in total. The molecule has 1 atom stereocenters. The number of carbonyl (C=O) groups excluding carboxylic acids is 1. The van der Waals surface area contributed by atoms with E-state index in [1.807, 2.05) is 0 Å². The summed E-state index contributed by atoms with van der Waals surface area (Å²) in [5.74, 6) is -3.07. The summed E-state index contributed by atoms with van der Waals surface area (Å²) in [6, 6.07) is 4.50. The fourth-order valence-electron chi connectivity index (χ4n) is 2.48. The van der Waals surface area contributed by atoms with Crippen LogP contribution in [0.5, 0.6) is 5.75 Å². The quantitative estimate of drug-likeness (QED) is 0.196. The highest BCUT2D eigenvalue weighted by Crippen LogP contribution is 2.30. The molecular formula is C13H12BN5O6S. The molecule has 0 saturated heterocycles. The third kappa shape index (κ3) is 3.29. The summed E-state index contributed by atoms with van der Waals surface area (Å²) in [6.07, 6.45) is 0.106. The number of carbonyl (C=O) groups is 2. The zero-order chi connectivity index (χ0) is 18.8. The number of hydrogen-bond donors (Lipinski definition) is 5. The predicted octanol–water partition coefficient (Wildman–Crippen LogP) is -0.864. The summed E-state index contributed by atoms with van der Waals surface area (Å²) < 4.78 is 9.05. The lowest BCUT2D eigenvalue weighted by Gasteiger charge is -2.28. The number of aromatic nitrogens is 2. The van der Waals surface area contributed by atoms with E-state index >= 15 is 0 Å². The van der Waals surface area contributed by atoms with Gasteiger partial charge in [0.05, 0.1) is 11.5 Å². The van der Waals surface area contributed by atoms with Crippen LogP contribution >= 0.6 is 11.5 Å². The number of rotatable bonds is 4. The first-order valence-corrected chi connectivity index (χ1v) is 8.00. The Morgan fingerprint density at radius 3 is 2.85 bits per heavy atom. The second-order valence-electron chi connectivity index (χ2n) is 5.30. The smallest absolute Gasteiger partial charge is 0.534 e. The van der Waals surface area contributed by atoms with Crippen LogP contribution in [0.15, 0.2) is 23.4 Å². The van der Waals surface area contributed by atoms with E-state index in [-0.39, 0.29) is 28.7 Å². The summed E-state index contributed by atoms with van der Waals surface area (Å²) in [6.45, 7) is 0. The van der Waals surface area contributed by atoms with Crippen molar-refractivity contribution in [3.63, 3.8) is 0 Å². The average Bonchev–Trinajstić information content (AvgIpc) is 3.01. The third-order valence-electron chi connectivity index (χ3n) is 3.63. The largest absolute Gasteiger partial charge is 0.547 e. The number of hydrogen-bond acceptors (Lipinski definition) is 10. The molecule has 1 aliphatic rings. The summed E-state index contributed by atoms with van der Waals surface area (Å²) in [5.41, 5.74) is 5.37. The first kappa shape index (κ1) is 17.6. The number of benzene rings is 1. The van der Waals surface area contributed by atoms with Crippen molar-refractivity contribution in [2.75, 3.05) is 5.73 Å². The predicted molar refractivity (Wildman–Crippen MR) is 90.3 cm³/mol. The number of aromatic carboxylic acids is 1. The summed E-state index contributed by atoms with van der Waals surface area (Å²) in [5, 5.41) is 33.8. The van der Waals surface area contributed by atoms with Gasteiger partial charge >= 0.3 is 13.1 Å². The molecule has 1 aromatic carbocycles. The molecule has 134 valence electrons. The number of amides is 1. The molecule has 13 heteroatoms. The average molecular weight is 377 g/mol. The molecule has 1 aromatic heterocycles. The lowest BCUT2D eigenvalue weighted by molar-refractivity contribution is -0.115. The van der Waals surface area contributed by atoms with Crippen molar-refractivity contribution >= 4 is 41.4 Å². The molecule has 1 amide bonds. The molecule has 1 aliphatic heterocycles. The highest BCUT2D eigenvalue weighted by Gasteiger charge is 2.38. The Labute approximate surface area is 150 Å². The monoisotopic (exact) mass is 377 g/mol. The van der Waals surface area contributed by atoms with Crippen molar-refractivity contribution in [3.8, 4) is 5.75 Å². The Morgan fingerprint density at radius 2 is 2.23 bits per heavy atom. The molecule has 0 unspecified atom stereocenters. The Kier molecular flexibility index (Phi) is 4.73. The van der Waals surface area contributed by atoms with Crippen LogP contribution in [0, 0.1) is 0 Å². The first-order chi connectivity index (χ1) is 12.4. The summed E-state index contributed by atoms with van der Waals surface area (Å²) >= 11 is 0.822. The van der Waals surface area contributed by atoms with Crippen LogP contribution in [0.3, 0.4) is 0 Å². The normalized spacial score (nSPS) is 16.6. The number of oxime groups is 1. The number of fused-ring (bicyclic) bond motifs is 1. The number of para-hydroxylation sites is 1. The van der Waals surface area contributed by atoms with E-state index < -0.39 is 30.6 Å². The highest BCUT2D eigenvalue weighted by molar-refractivity contribution is 7.09. The van der Waals surface area contributed by atoms with Crippen LogP contribution in [0.25, 0.3) is 0 Å². The molecule has 0 spiro atoms. The number of carboxylic acid groups (broad SMARTS) is 1. The topological polar surface area (TPSA) is 180 Å². The van der Waals surface area contributed by atoms with E-state index in [1.165, 1.54) is 12.1 Å². The van der Waals surface area contributed by atoms with Crippen LogP contribution in [0.2, 0.25) is 0 Å². The number of carboxylic acids is 1. The lowest BCUT2D eigenvalue weighted by atomic mass is 9.72. The third-order valence-corrected chi connectivity index (χ3v) is 4.18. The molecule has 0 aliphatic carbocycles. The van der Waals surface area contributed by atoms with Crippen molar-refractivity contribution in [1.82, 2.24) is 14.7 Å². The van der Waals surface area contributed by atoms with Crippen molar-refractivity contribution < 1.29 is 29.6 Å². The van der Waals surface area contributed by atoms with E-state index in [0.29, 0.717) is 5.56 Å². The minimum absolute atomic E-state index is 0.0444. The number of anilines is 1. The van der Waals surface area contributed by atoms with Gasteiger partial charge in [-0.1, -0.05) is 17.3 Å². The van der Waals surface area contributed by atoms with Crippen LogP contribution < -0.4 is 15.7 Å². The first-order valence-electron chi connectivity index (χ1n) is 7.23. The van der Waals surface area contributed by atoms with Gasteiger partial charge in [-0.25, -0.2) is 4.79 Å². The molecule has 2 aromatic rings. The van der Waals surface area contributed by atoms with E-state index in [1.54, 1.807) is 6.07 Å². The number of nitrogens with two attached hydrogens (primary N) is 1. The van der Waals surface area contributed by atoms with Gasteiger partial charge in [-0.3, -0.25) is 4.79 Å². The minimum Gasteiger partial charge on any atom is -0.534 e. The molecule has 0 radical (unpaired) electrons. The second-order valence-corrected chi connectivity index (χ2v) is 6.08. The fraction of sp³-hybridized carbons (Fsp3) is 0.154. The zero-order valence-corrected chi connectivity index (χ0v) is 13.8. The zero-order valence-electron chi connectivity index (χ0n) is 13.0. The van der Waals surface area contributed by atoms with Crippen molar-refractivity contribution in [1.29, 1.82) is 0 Å². The van der Waals surface area contributed by atoms with E-state index in [9.17, 15) is 19.7 Å². The van der Waals surface area contributed by atoms with Crippen molar-refractivity contribution in [2.24, 2.45) is 5.16 Å². The molecular weight excluding hydrogens is 365 g/mol. The van der Waals surface area contributed by atoms with Gasteiger partial charge in [0.15, 0.2) is 5.13 Å². The van der Waals surface area contributed by atoms with Gasteiger partial charge in [-0.2, -0.15) is 9.36 Å². The van der Waals surface area contributed by atoms with Gasteiger partial charge in [0.1, 0.15) is 5.75 Å². The van der Waals surface area contributed by atoms with Crippen molar-refractivity contribution in [2.45, 2.75) is 12.4 Å². The maximum atomic E-state index is 12.3. The molecule has 0 saturated carbocycles. The molecule has 0 fully saturated rings. The van der Waals surface area contributed by atoms with Gasteiger partial charge in [-0.05, 0) is 18.1 Å². The fourth-order valence-corrected chi connectivity index (χ4v) is 2.91. The standard InChI is InChI=1S/C13H12BN5O6S/c15-13-17-10(19-26-13)8(18-24)11(20)16-7-4-5-2-1-3-6(12(21)22)9(5)25-14(7)23/h1-3,7,23-24H,4H2,(H,16,20)(H,21,22)(H2,15,17,19)/b18-8-/t7-/m0/s1. The van der Waals surface area contributed by atoms with E-state index in [4.69, 9.17) is 15.6 Å². The van der Waals surface area contributed by atoms with Crippen LogP contribution in [0.1, 0.15) is 21.7 Å². The maximum absolute atomic E-state index is 12.3. The number of nitrogen functional groups attached to an aromatic ring is 1. The minimum atomic E-state index is -1.50. The van der Waals surface area contributed by atoms with Gasteiger partial charge < -0.3 is 31.0 Å². The summed E-state index contributed by atoms with van der Waals surface area (Å²) in [4.78, 5) is 27.3. The lowest BCUT2D eigenvalue weighted by Crippen LogP contribution is -2.54. The second kappa shape index (κ2) is 6.97. The Bertz CT molecular complexity index is 903. The highest BCUT2D eigenvalue weighted by atomic mass is 32.1. The van der Waals surface area contributed by atoms with Crippen LogP contribution in [-0.4, -0.2) is 55.3 Å². The maximum Gasteiger partial charge on any atom is 0.547 e. The van der Waals surface area contributed by atoms with E-state index in [0.717, 1.165) is 11.5 Å². The Morgan fingerprint density at radius 1 is 1.46 bits per heavy atom. The van der Waals surface area contributed by atoms with Crippen LogP contribution in [-0.2, 0) is 11.2 Å². The van der Waals surface area contributed by atoms with Gasteiger partial charge in [-0.15, -0.1) is 0 Å². The van der Waals surface area contributed by atoms with Gasteiger partial charge in [0.25, 0.3) is 5.91 Å². The SMILES string of the molecule is Nc1nc(/C(=N/O)C(=O)N[C@H]2Cc3cccc(C(=O)O)c3OB2O)ns1. The van der Waals surface area contributed by atoms with E-state index in [2.05, 4.69) is 19.8 Å². The number of nitrogens with one attached hydrogen (secondary N) is 1.